The molecule has 2 amide bonds. The van der Waals surface area contributed by atoms with Crippen molar-refractivity contribution >= 4 is 12.0 Å². The van der Waals surface area contributed by atoms with Gasteiger partial charge in [-0.3, -0.25) is 0 Å². The van der Waals surface area contributed by atoms with Crippen LogP contribution in [-0.4, -0.2) is 53.7 Å². The summed E-state index contributed by atoms with van der Waals surface area (Å²) in [5.74, 6) is -0.645. The Morgan fingerprint density at radius 3 is 2.86 bits per heavy atom. The first-order valence-corrected chi connectivity index (χ1v) is 7.02. The van der Waals surface area contributed by atoms with Gasteiger partial charge in [0.05, 0.1) is 13.1 Å². The maximum atomic E-state index is 12.3. The SMILES string of the molecule is CCCN(C)C(=O)N1CCOc2c(cccc2C(=O)O)C1. The third-order valence-electron chi connectivity index (χ3n) is 3.45. The Morgan fingerprint density at radius 1 is 1.43 bits per heavy atom. The van der Waals surface area contributed by atoms with Crippen molar-refractivity contribution in [1.29, 1.82) is 0 Å². The van der Waals surface area contributed by atoms with Crippen LogP contribution in [0.15, 0.2) is 18.2 Å². The van der Waals surface area contributed by atoms with Gasteiger partial charge in [-0.25, -0.2) is 9.59 Å². The van der Waals surface area contributed by atoms with Crippen molar-refractivity contribution in [2.24, 2.45) is 0 Å². The molecule has 1 heterocycles. The quantitative estimate of drug-likeness (QED) is 0.925. The van der Waals surface area contributed by atoms with E-state index in [1.54, 1.807) is 29.0 Å². The number of nitrogens with zero attached hydrogens (tertiary/aromatic N) is 2. The maximum Gasteiger partial charge on any atom is 0.339 e. The van der Waals surface area contributed by atoms with Gasteiger partial charge in [0.2, 0.25) is 0 Å². The first kappa shape index (κ1) is 15.2. The van der Waals surface area contributed by atoms with Gasteiger partial charge in [0.25, 0.3) is 0 Å². The van der Waals surface area contributed by atoms with Gasteiger partial charge in [0.1, 0.15) is 17.9 Å². The third kappa shape index (κ3) is 3.26. The van der Waals surface area contributed by atoms with Crippen molar-refractivity contribution in [3.05, 3.63) is 29.3 Å². The predicted molar refractivity (Wildman–Crippen MR) is 77.6 cm³/mol. The number of ether oxygens (including phenoxy) is 1. The summed E-state index contributed by atoms with van der Waals surface area (Å²) in [6.07, 6.45) is 0.895. The van der Waals surface area contributed by atoms with E-state index in [-0.39, 0.29) is 11.6 Å². The van der Waals surface area contributed by atoms with Crippen LogP contribution in [0.3, 0.4) is 0 Å². The summed E-state index contributed by atoms with van der Waals surface area (Å²) in [7, 11) is 1.77. The highest BCUT2D eigenvalue weighted by Gasteiger charge is 2.24. The van der Waals surface area contributed by atoms with E-state index in [9.17, 15) is 14.7 Å². The largest absolute Gasteiger partial charge is 0.490 e. The molecule has 1 aromatic rings. The first-order chi connectivity index (χ1) is 10.0. The second kappa shape index (κ2) is 6.47. The maximum absolute atomic E-state index is 12.3. The fourth-order valence-electron chi connectivity index (χ4n) is 2.43. The van der Waals surface area contributed by atoms with Crippen LogP contribution in [-0.2, 0) is 6.54 Å². The van der Waals surface area contributed by atoms with E-state index in [0.717, 1.165) is 12.0 Å². The van der Waals surface area contributed by atoms with Crippen molar-refractivity contribution in [3.63, 3.8) is 0 Å². The van der Waals surface area contributed by atoms with Crippen molar-refractivity contribution in [3.8, 4) is 5.75 Å². The summed E-state index contributed by atoms with van der Waals surface area (Å²) in [6.45, 7) is 3.81. The number of carbonyl (C=O) groups excluding carboxylic acids is 1. The molecular formula is C15H20N2O4. The Kier molecular flexibility index (Phi) is 4.67. The molecule has 0 radical (unpaired) electrons. The number of rotatable bonds is 3. The molecule has 0 unspecified atom stereocenters. The highest BCUT2D eigenvalue weighted by atomic mass is 16.5. The molecule has 0 aliphatic carbocycles. The average molecular weight is 292 g/mol. The van der Waals surface area contributed by atoms with E-state index in [2.05, 4.69) is 0 Å². The second-order valence-corrected chi connectivity index (χ2v) is 5.07. The van der Waals surface area contributed by atoms with E-state index < -0.39 is 5.97 Å². The minimum atomic E-state index is -1.02. The molecule has 1 N–H and O–H groups in total. The first-order valence-electron chi connectivity index (χ1n) is 7.02. The van der Waals surface area contributed by atoms with Crippen molar-refractivity contribution < 1.29 is 19.4 Å². The second-order valence-electron chi connectivity index (χ2n) is 5.07. The van der Waals surface area contributed by atoms with Gasteiger partial charge >= 0.3 is 12.0 Å². The minimum Gasteiger partial charge on any atom is -0.490 e. The molecule has 21 heavy (non-hydrogen) atoms. The lowest BCUT2D eigenvalue weighted by molar-refractivity contribution is 0.0692. The van der Waals surface area contributed by atoms with Gasteiger partial charge in [0, 0.05) is 19.2 Å². The molecule has 0 bridgehead atoms. The molecule has 0 saturated carbocycles. The number of carboxylic acids is 1. The Balaban J connectivity index is 2.24. The normalized spacial score (nSPS) is 13.9. The number of fused-ring (bicyclic) bond motifs is 1. The molecule has 1 aliphatic rings. The van der Waals surface area contributed by atoms with Crippen molar-refractivity contribution in [1.82, 2.24) is 9.80 Å². The number of aromatic carboxylic acids is 1. The number of hydrogen-bond acceptors (Lipinski definition) is 3. The third-order valence-corrected chi connectivity index (χ3v) is 3.45. The summed E-state index contributed by atoms with van der Waals surface area (Å²) in [5, 5.41) is 9.20. The fourth-order valence-corrected chi connectivity index (χ4v) is 2.43. The number of amides is 2. The number of carbonyl (C=O) groups is 2. The smallest absolute Gasteiger partial charge is 0.339 e. The molecule has 0 aromatic heterocycles. The zero-order valence-corrected chi connectivity index (χ0v) is 12.3. The highest BCUT2D eigenvalue weighted by Crippen LogP contribution is 2.28. The molecule has 0 fully saturated rings. The average Bonchev–Trinajstić information content (AvgIpc) is 2.68. The summed E-state index contributed by atoms with van der Waals surface area (Å²) >= 11 is 0. The molecule has 6 nitrogen and oxygen atoms in total. The van der Waals surface area contributed by atoms with Crippen LogP contribution in [0.2, 0.25) is 0 Å². The van der Waals surface area contributed by atoms with Crippen LogP contribution >= 0.6 is 0 Å². The topological polar surface area (TPSA) is 70.1 Å². The zero-order chi connectivity index (χ0) is 15.4. The standard InChI is InChI=1S/C15H20N2O4/c1-3-7-16(2)15(20)17-8-9-21-13-11(10-17)5-4-6-12(13)14(18)19/h4-6H,3,7-10H2,1-2H3,(H,18,19). The fraction of sp³-hybridized carbons (Fsp3) is 0.467. The number of benzene rings is 1. The molecular weight excluding hydrogens is 272 g/mol. The lowest BCUT2D eigenvalue weighted by Gasteiger charge is -2.26. The van der Waals surface area contributed by atoms with Crippen molar-refractivity contribution in [2.45, 2.75) is 19.9 Å². The number of hydrogen-bond donors (Lipinski definition) is 1. The van der Waals surface area contributed by atoms with E-state index >= 15 is 0 Å². The van der Waals surface area contributed by atoms with Crippen molar-refractivity contribution in [2.75, 3.05) is 26.7 Å². The van der Waals surface area contributed by atoms with Gasteiger partial charge in [0.15, 0.2) is 0 Å². The summed E-state index contributed by atoms with van der Waals surface area (Å²) < 4.78 is 5.57. The van der Waals surface area contributed by atoms with Crippen LogP contribution in [0.4, 0.5) is 4.79 Å². The summed E-state index contributed by atoms with van der Waals surface area (Å²) in [6, 6.07) is 4.93. The van der Waals surface area contributed by atoms with E-state index in [1.165, 1.54) is 6.07 Å². The molecule has 6 heteroatoms. The molecule has 114 valence electrons. The Labute approximate surface area is 123 Å². The Hall–Kier alpha value is -2.24. The monoisotopic (exact) mass is 292 g/mol. The minimum absolute atomic E-state index is 0.0611. The van der Waals surface area contributed by atoms with Gasteiger partial charge < -0.3 is 19.6 Å². The van der Waals surface area contributed by atoms with Crippen LogP contribution in [0.1, 0.15) is 29.3 Å². The molecule has 1 aliphatic heterocycles. The molecule has 0 atom stereocenters. The zero-order valence-electron chi connectivity index (χ0n) is 12.3. The highest BCUT2D eigenvalue weighted by molar-refractivity contribution is 5.91. The van der Waals surface area contributed by atoms with Crippen LogP contribution in [0.25, 0.3) is 0 Å². The van der Waals surface area contributed by atoms with Gasteiger partial charge in [-0.05, 0) is 12.5 Å². The summed E-state index contributed by atoms with van der Waals surface area (Å²) in [5.41, 5.74) is 0.870. The van der Waals surface area contributed by atoms with Crippen LogP contribution < -0.4 is 4.74 Å². The predicted octanol–water partition coefficient (Wildman–Crippen LogP) is 2.04. The summed E-state index contributed by atoms with van der Waals surface area (Å²) in [4.78, 5) is 26.9. The van der Waals surface area contributed by atoms with Gasteiger partial charge in [-0.15, -0.1) is 0 Å². The number of carboxylic acid groups (broad SMARTS) is 1. The van der Waals surface area contributed by atoms with E-state index in [1.807, 2.05) is 6.92 Å². The molecule has 1 aromatic carbocycles. The van der Waals surface area contributed by atoms with Gasteiger partial charge in [-0.2, -0.15) is 0 Å². The van der Waals surface area contributed by atoms with Gasteiger partial charge in [-0.1, -0.05) is 19.1 Å². The molecule has 0 saturated heterocycles. The number of urea groups is 1. The Bertz CT molecular complexity index is 544. The number of para-hydroxylation sites is 1. The van der Waals surface area contributed by atoms with E-state index in [4.69, 9.17) is 4.74 Å². The molecule has 2 rings (SSSR count). The van der Waals surface area contributed by atoms with E-state index in [0.29, 0.717) is 32.0 Å². The Morgan fingerprint density at radius 2 is 2.19 bits per heavy atom. The van der Waals surface area contributed by atoms with Crippen LogP contribution in [0, 0.1) is 0 Å². The lowest BCUT2D eigenvalue weighted by atomic mass is 10.1. The molecule has 0 spiro atoms. The van der Waals surface area contributed by atoms with Crippen LogP contribution in [0.5, 0.6) is 5.75 Å². The lowest BCUT2D eigenvalue weighted by Crippen LogP contribution is -2.42.